The van der Waals surface area contributed by atoms with Crippen LogP contribution in [0.3, 0.4) is 0 Å². The van der Waals surface area contributed by atoms with Crippen molar-refractivity contribution in [3.63, 3.8) is 0 Å². The Balaban J connectivity index is 1.64. The lowest BCUT2D eigenvalue weighted by atomic mass is 10.1. The van der Waals surface area contributed by atoms with Crippen LogP contribution < -0.4 is 11.1 Å². The highest BCUT2D eigenvalue weighted by molar-refractivity contribution is 5.40. The van der Waals surface area contributed by atoms with Crippen molar-refractivity contribution in [1.82, 2.24) is 5.32 Å². The van der Waals surface area contributed by atoms with E-state index in [1.54, 1.807) is 0 Å². The van der Waals surface area contributed by atoms with Crippen LogP contribution in [0.4, 0.5) is 5.69 Å². The van der Waals surface area contributed by atoms with Gasteiger partial charge in [-0.25, -0.2) is 0 Å². The zero-order chi connectivity index (χ0) is 12.8. The second-order valence-electron chi connectivity index (χ2n) is 4.54. The second-order valence-corrected chi connectivity index (χ2v) is 4.54. The number of furan rings is 1. The third-order valence-electron chi connectivity index (χ3n) is 2.87. The van der Waals surface area contributed by atoms with Crippen molar-refractivity contribution < 1.29 is 4.42 Å². The molecule has 1 aromatic heterocycles. The molecular weight excluding hydrogens is 224 g/mol. The van der Waals surface area contributed by atoms with E-state index in [0.717, 1.165) is 43.1 Å². The van der Waals surface area contributed by atoms with Crippen molar-refractivity contribution in [3.05, 3.63) is 53.5 Å². The molecular formula is C15H20N2O. The van der Waals surface area contributed by atoms with E-state index in [0.29, 0.717) is 0 Å². The van der Waals surface area contributed by atoms with Crippen LogP contribution in [-0.2, 0) is 13.0 Å². The van der Waals surface area contributed by atoms with Gasteiger partial charge in [0.15, 0.2) is 0 Å². The largest absolute Gasteiger partial charge is 0.465 e. The fourth-order valence-electron chi connectivity index (χ4n) is 1.96. The molecule has 0 atom stereocenters. The Morgan fingerprint density at radius 3 is 2.83 bits per heavy atom. The first kappa shape index (κ1) is 12.7. The lowest BCUT2D eigenvalue weighted by molar-refractivity contribution is 0.460. The van der Waals surface area contributed by atoms with Gasteiger partial charge in [-0.1, -0.05) is 12.1 Å². The molecule has 0 radical (unpaired) electrons. The van der Waals surface area contributed by atoms with Gasteiger partial charge in [-0.15, -0.1) is 0 Å². The third kappa shape index (κ3) is 3.93. The number of anilines is 1. The standard InChI is InChI=1S/C15H20N2O/c1-12-7-8-15(18-12)11-17-9-3-5-13-4-2-6-14(16)10-13/h2,4,6-8,10,17H,3,5,9,11,16H2,1H3. The first-order valence-electron chi connectivity index (χ1n) is 6.34. The van der Waals surface area contributed by atoms with Gasteiger partial charge in [0.1, 0.15) is 11.5 Å². The number of aryl methyl sites for hydroxylation is 2. The van der Waals surface area contributed by atoms with Gasteiger partial charge in [-0.05, 0) is 56.1 Å². The maximum Gasteiger partial charge on any atom is 0.117 e. The Bertz CT molecular complexity index is 491. The second kappa shape index (κ2) is 6.26. The SMILES string of the molecule is Cc1ccc(CNCCCc2cccc(N)c2)o1. The zero-order valence-electron chi connectivity index (χ0n) is 10.8. The van der Waals surface area contributed by atoms with Gasteiger partial charge in [0, 0.05) is 5.69 Å². The monoisotopic (exact) mass is 244 g/mol. The summed E-state index contributed by atoms with van der Waals surface area (Å²) < 4.78 is 5.49. The van der Waals surface area contributed by atoms with Crippen LogP contribution >= 0.6 is 0 Å². The number of nitrogens with two attached hydrogens (primary N) is 1. The van der Waals surface area contributed by atoms with Crippen LogP contribution in [0.15, 0.2) is 40.8 Å². The Kier molecular flexibility index (Phi) is 4.42. The molecule has 0 aliphatic heterocycles. The van der Waals surface area contributed by atoms with E-state index in [9.17, 15) is 0 Å². The molecule has 3 heteroatoms. The van der Waals surface area contributed by atoms with Crippen LogP contribution in [0, 0.1) is 6.92 Å². The van der Waals surface area contributed by atoms with Crippen molar-refractivity contribution in [3.8, 4) is 0 Å². The van der Waals surface area contributed by atoms with Gasteiger partial charge < -0.3 is 15.5 Å². The van der Waals surface area contributed by atoms with Crippen molar-refractivity contribution >= 4 is 5.69 Å². The van der Waals surface area contributed by atoms with Gasteiger partial charge in [0.05, 0.1) is 6.54 Å². The van der Waals surface area contributed by atoms with E-state index < -0.39 is 0 Å². The average molecular weight is 244 g/mol. The van der Waals surface area contributed by atoms with Crippen LogP contribution in [0.2, 0.25) is 0 Å². The lowest BCUT2D eigenvalue weighted by Gasteiger charge is -2.04. The summed E-state index contributed by atoms with van der Waals surface area (Å²) in [6, 6.07) is 12.1. The first-order valence-corrected chi connectivity index (χ1v) is 6.34. The average Bonchev–Trinajstić information content (AvgIpc) is 2.75. The molecule has 0 saturated heterocycles. The van der Waals surface area contributed by atoms with Gasteiger partial charge in [-0.3, -0.25) is 0 Å². The highest BCUT2D eigenvalue weighted by atomic mass is 16.3. The first-order chi connectivity index (χ1) is 8.74. The number of nitrogens with one attached hydrogen (secondary N) is 1. The molecule has 1 aromatic carbocycles. The van der Waals surface area contributed by atoms with E-state index in [1.165, 1.54) is 5.56 Å². The Hall–Kier alpha value is -1.74. The Morgan fingerprint density at radius 1 is 1.22 bits per heavy atom. The molecule has 3 nitrogen and oxygen atoms in total. The molecule has 0 amide bonds. The zero-order valence-corrected chi connectivity index (χ0v) is 10.8. The maximum absolute atomic E-state index is 5.74. The fourth-order valence-corrected chi connectivity index (χ4v) is 1.96. The maximum atomic E-state index is 5.74. The minimum Gasteiger partial charge on any atom is -0.465 e. The van der Waals surface area contributed by atoms with E-state index in [4.69, 9.17) is 10.2 Å². The van der Waals surface area contributed by atoms with E-state index in [1.807, 2.05) is 37.3 Å². The molecule has 2 aromatic rings. The summed E-state index contributed by atoms with van der Waals surface area (Å²) >= 11 is 0. The Morgan fingerprint density at radius 2 is 2.11 bits per heavy atom. The molecule has 2 rings (SSSR count). The highest BCUT2D eigenvalue weighted by Crippen LogP contribution is 2.09. The molecule has 0 aliphatic rings. The number of nitrogen functional groups attached to an aromatic ring is 1. The van der Waals surface area contributed by atoms with E-state index >= 15 is 0 Å². The highest BCUT2D eigenvalue weighted by Gasteiger charge is 1.98. The van der Waals surface area contributed by atoms with Crippen molar-refractivity contribution in [2.24, 2.45) is 0 Å². The van der Waals surface area contributed by atoms with Crippen LogP contribution in [0.25, 0.3) is 0 Å². The molecule has 18 heavy (non-hydrogen) atoms. The summed E-state index contributed by atoms with van der Waals surface area (Å²) in [5.74, 6) is 1.96. The van der Waals surface area contributed by atoms with E-state index in [2.05, 4.69) is 11.4 Å². The van der Waals surface area contributed by atoms with Gasteiger partial charge in [-0.2, -0.15) is 0 Å². The van der Waals surface area contributed by atoms with Crippen LogP contribution in [-0.4, -0.2) is 6.54 Å². The molecule has 96 valence electrons. The summed E-state index contributed by atoms with van der Waals surface area (Å²) in [6.45, 7) is 3.74. The third-order valence-corrected chi connectivity index (χ3v) is 2.87. The number of benzene rings is 1. The molecule has 0 aliphatic carbocycles. The summed E-state index contributed by atoms with van der Waals surface area (Å²) in [4.78, 5) is 0. The van der Waals surface area contributed by atoms with Crippen LogP contribution in [0.1, 0.15) is 23.5 Å². The number of hydrogen-bond acceptors (Lipinski definition) is 3. The van der Waals surface area contributed by atoms with Crippen molar-refractivity contribution in [2.45, 2.75) is 26.3 Å². The molecule has 3 N–H and O–H groups in total. The summed E-state index contributed by atoms with van der Waals surface area (Å²) in [5.41, 5.74) is 7.88. The molecule has 0 spiro atoms. The summed E-state index contributed by atoms with van der Waals surface area (Å²) in [6.07, 6.45) is 2.15. The van der Waals surface area contributed by atoms with Gasteiger partial charge in [0.25, 0.3) is 0 Å². The predicted octanol–water partition coefficient (Wildman–Crippen LogP) is 2.89. The molecule has 0 unspecified atom stereocenters. The van der Waals surface area contributed by atoms with Gasteiger partial charge >= 0.3 is 0 Å². The predicted molar refractivity (Wildman–Crippen MR) is 74.3 cm³/mol. The quantitative estimate of drug-likeness (QED) is 0.607. The minimum absolute atomic E-state index is 0.796. The lowest BCUT2D eigenvalue weighted by Crippen LogP contribution is -2.14. The molecule has 0 fully saturated rings. The molecule has 0 saturated carbocycles. The number of rotatable bonds is 6. The minimum atomic E-state index is 0.796. The topological polar surface area (TPSA) is 51.2 Å². The summed E-state index contributed by atoms with van der Waals surface area (Å²) in [5, 5.41) is 3.37. The molecule has 1 heterocycles. The smallest absolute Gasteiger partial charge is 0.117 e. The molecule has 0 bridgehead atoms. The number of hydrogen-bond donors (Lipinski definition) is 2. The van der Waals surface area contributed by atoms with E-state index in [-0.39, 0.29) is 0 Å². The van der Waals surface area contributed by atoms with Crippen LogP contribution in [0.5, 0.6) is 0 Å². The van der Waals surface area contributed by atoms with Crippen molar-refractivity contribution in [2.75, 3.05) is 12.3 Å². The van der Waals surface area contributed by atoms with Crippen molar-refractivity contribution in [1.29, 1.82) is 0 Å². The normalized spacial score (nSPS) is 10.7. The van der Waals surface area contributed by atoms with Gasteiger partial charge in [0.2, 0.25) is 0 Å². The fraction of sp³-hybridized carbons (Fsp3) is 0.333. The summed E-state index contributed by atoms with van der Waals surface area (Å²) in [7, 11) is 0. The Labute approximate surface area is 108 Å².